The lowest BCUT2D eigenvalue weighted by molar-refractivity contribution is 0.0696. The van der Waals surface area contributed by atoms with Gasteiger partial charge in [-0.3, -0.25) is 0 Å². The van der Waals surface area contributed by atoms with Gasteiger partial charge in [0, 0.05) is 0 Å². The van der Waals surface area contributed by atoms with E-state index in [1.165, 1.54) is 6.07 Å². The van der Waals surface area contributed by atoms with E-state index in [-0.39, 0.29) is 11.7 Å². The van der Waals surface area contributed by atoms with E-state index in [0.29, 0.717) is 5.75 Å². The van der Waals surface area contributed by atoms with Crippen molar-refractivity contribution in [3.8, 4) is 5.75 Å². The van der Waals surface area contributed by atoms with Gasteiger partial charge in [0.15, 0.2) is 0 Å². The Bertz CT molecular complexity index is 387. The molecule has 1 unspecified atom stereocenters. The SMILES string of the molecule is C=CC(C)Oc1cc(C(=O)O)ccc1I. The average Bonchev–Trinajstić information content (AvgIpc) is 2.20. The fraction of sp³-hybridized carbons (Fsp3) is 0.182. The van der Waals surface area contributed by atoms with Gasteiger partial charge in [0.05, 0.1) is 9.13 Å². The van der Waals surface area contributed by atoms with Crippen molar-refractivity contribution in [2.45, 2.75) is 13.0 Å². The molecule has 0 bridgehead atoms. The van der Waals surface area contributed by atoms with Gasteiger partial charge in [-0.05, 0) is 47.7 Å². The van der Waals surface area contributed by atoms with Crippen molar-refractivity contribution < 1.29 is 14.6 Å². The molecule has 4 heteroatoms. The van der Waals surface area contributed by atoms with Crippen molar-refractivity contribution in [2.75, 3.05) is 0 Å². The van der Waals surface area contributed by atoms with Crippen LogP contribution in [0.3, 0.4) is 0 Å². The standard InChI is InChI=1S/C11H11IO3/c1-3-7(2)15-10-6-8(11(13)14)4-5-9(10)12/h3-7H,1H2,2H3,(H,13,14). The molecule has 80 valence electrons. The third-order valence-electron chi connectivity index (χ3n) is 1.82. The first kappa shape index (κ1) is 12.0. The van der Waals surface area contributed by atoms with Crippen LogP contribution in [0.5, 0.6) is 5.75 Å². The highest BCUT2D eigenvalue weighted by molar-refractivity contribution is 14.1. The number of carboxylic acids is 1. The summed E-state index contributed by atoms with van der Waals surface area (Å²) >= 11 is 2.10. The Kier molecular flexibility index (Phi) is 4.14. The van der Waals surface area contributed by atoms with Gasteiger partial charge in [-0.1, -0.05) is 12.7 Å². The molecule has 0 fully saturated rings. The molecule has 0 amide bonds. The molecule has 0 saturated heterocycles. The zero-order valence-corrected chi connectivity index (χ0v) is 10.4. The Balaban J connectivity index is 3.00. The lowest BCUT2D eigenvalue weighted by atomic mass is 10.2. The maximum absolute atomic E-state index is 10.7. The van der Waals surface area contributed by atoms with E-state index < -0.39 is 5.97 Å². The third kappa shape index (κ3) is 3.23. The normalized spacial score (nSPS) is 11.9. The van der Waals surface area contributed by atoms with Crippen molar-refractivity contribution in [1.29, 1.82) is 0 Å². The Morgan fingerprint density at radius 3 is 2.87 bits per heavy atom. The van der Waals surface area contributed by atoms with Crippen molar-refractivity contribution >= 4 is 28.6 Å². The van der Waals surface area contributed by atoms with Gasteiger partial charge in [0.25, 0.3) is 0 Å². The maximum Gasteiger partial charge on any atom is 0.335 e. The van der Waals surface area contributed by atoms with E-state index in [9.17, 15) is 4.79 Å². The number of rotatable bonds is 4. The van der Waals surface area contributed by atoms with E-state index >= 15 is 0 Å². The maximum atomic E-state index is 10.7. The lowest BCUT2D eigenvalue weighted by Crippen LogP contribution is -2.09. The predicted octanol–water partition coefficient (Wildman–Crippen LogP) is 2.94. The number of aromatic carboxylic acids is 1. The smallest absolute Gasteiger partial charge is 0.335 e. The van der Waals surface area contributed by atoms with Gasteiger partial charge in [-0.25, -0.2) is 4.79 Å². The summed E-state index contributed by atoms with van der Waals surface area (Å²) < 4.78 is 6.38. The number of benzene rings is 1. The van der Waals surface area contributed by atoms with Crippen LogP contribution < -0.4 is 4.74 Å². The molecule has 0 spiro atoms. The van der Waals surface area contributed by atoms with Crippen molar-refractivity contribution in [1.82, 2.24) is 0 Å². The van der Waals surface area contributed by atoms with E-state index in [1.807, 2.05) is 6.92 Å². The summed E-state index contributed by atoms with van der Waals surface area (Å²) in [7, 11) is 0. The molecule has 1 aromatic rings. The molecule has 1 N–H and O–H groups in total. The summed E-state index contributed by atoms with van der Waals surface area (Å²) in [5.74, 6) is -0.384. The van der Waals surface area contributed by atoms with Crippen LogP contribution in [0.2, 0.25) is 0 Å². The highest BCUT2D eigenvalue weighted by atomic mass is 127. The van der Waals surface area contributed by atoms with Crippen molar-refractivity contribution in [2.24, 2.45) is 0 Å². The second kappa shape index (κ2) is 5.16. The molecule has 15 heavy (non-hydrogen) atoms. The summed E-state index contributed by atoms with van der Waals surface area (Å²) in [6.07, 6.45) is 1.52. The zero-order valence-electron chi connectivity index (χ0n) is 8.24. The highest BCUT2D eigenvalue weighted by Gasteiger charge is 2.09. The quantitative estimate of drug-likeness (QED) is 0.686. The minimum atomic E-state index is -0.956. The molecule has 0 radical (unpaired) electrons. The summed E-state index contributed by atoms with van der Waals surface area (Å²) in [6, 6.07) is 4.79. The zero-order chi connectivity index (χ0) is 11.4. The average molecular weight is 318 g/mol. The molecule has 0 aromatic heterocycles. The molecule has 0 saturated carbocycles. The molecule has 0 aliphatic rings. The molecule has 0 aliphatic heterocycles. The number of hydrogen-bond donors (Lipinski definition) is 1. The number of ether oxygens (including phenoxy) is 1. The minimum Gasteiger partial charge on any atom is -0.486 e. The fourth-order valence-corrected chi connectivity index (χ4v) is 1.44. The van der Waals surface area contributed by atoms with E-state index in [1.54, 1.807) is 18.2 Å². The molecular formula is C11H11IO3. The minimum absolute atomic E-state index is 0.137. The van der Waals surface area contributed by atoms with Crippen LogP contribution in [0.15, 0.2) is 30.9 Å². The Morgan fingerprint density at radius 2 is 2.33 bits per heavy atom. The molecule has 1 atom stereocenters. The Morgan fingerprint density at radius 1 is 1.67 bits per heavy atom. The summed E-state index contributed by atoms with van der Waals surface area (Å²) in [5, 5.41) is 8.81. The monoisotopic (exact) mass is 318 g/mol. The van der Waals surface area contributed by atoms with E-state index in [2.05, 4.69) is 29.2 Å². The molecule has 1 rings (SSSR count). The number of halogens is 1. The van der Waals surface area contributed by atoms with Gasteiger partial charge < -0.3 is 9.84 Å². The second-order valence-corrected chi connectivity index (χ2v) is 4.17. The number of carbonyl (C=O) groups is 1. The number of hydrogen-bond acceptors (Lipinski definition) is 2. The van der Waals surface area contributed by atoms with Gasteiger partial charge in [-0.2, -0.15) is 0 Å². The molecular weight excluding hydrogens is 307 g/mol. The summed E-state index contributed by atoms with van der Waals surface area (Å²) in [6.45, 7) is 5.44. The predicted molar refractivity (Wildman–Crippen MR) is 66.4 cm³/mol. The van der Waals surface area contributed by atoms with Crippen LogP contribution in [0.1, 0.15) is 17.3 Å². The Hall–Kier alpha value is -1.04. The van der Waals surface area contributed by atoms with Crippen LogP contribution in [0, 0.1) is 3.57 Å². The van der Waals surface area contributed by atoms with Gasteiger partial charge >= 0.3 is 5.97 Å². The van der Waals surface area contributed by atoms with Gasteiger partial charge in [0.2, 0.25) is 0 Å². The fourth-order valence-electron chi connectivity index (χ4n) is 0.975. The van der Waals surface area contributed by atoms with E-state index in [4.69, 9.17) is 9.84 Å². The largest absolute Gasteiger partial charge is 0.486 e. The first-order chi connectivity index (χ1) is 7.04. The molecule has 0 aliphatic carbocycles. The second-order valence-electron chi connectivity index (χ2n) is 3.01. The van der Waals surface area contributed by atoms with Crippen molar-refractivity contribution in [3.63, 3.8) is 0 Å². The van der Waals surface area contributed by atoms with Crippen LogP contribution in [0.25, 0.3) is 0 Å². The first-order valence-corrected chi connectivity index (χ1v) is 5.44. The number of carboxylic acid groups (broad SMARTS) is 1. The summed E-state index contributed by atoms with van der Waals surface area (Å²) in [4.78, 5) is 10.7. The van der Waals surface area contributed by atoms with E-state index in [0.717, 1.165) is 3.57 Å². The molecule has 3 nitrogen and oxygen atoms in total. The first-order valence-electron chi connectivity index (χ1n) is 4.36. The van der Waals surface area contributed by atoms with Gasteiger partial charge in [-0.15, -0.1) is 0 Å². The lowest BCUT2D eigenvalue weighted by Gasteiger charge is -2.12. The topological polar surface area (TPSA) is 46.5 Å². The molecule has 1 aromatic carbocycles. The van der Waals surface area contributed by atoms with Crippen LogP contribution in [-0.2, 0) is 0 Å². The van der Waals surface area contributed by atoms with Crippen molar-refractivity contribution in [3.05, 3.63) is 40.0 Å². The van der Waals surface area contributed by atoms with Crippen LogP contribution in [-0.4, -0.2) is 17.2 Å². The van der Waals surface area contributed by atoms with Crippen LogP contribution >= 0.6 is 22.6 Å². The molecule has 0 heterocycles. The van der Waals surface area contributed by atoms with Gasteiger partial charge in [0.1, 0.15) is 11.9 Å². The third-order valence-corrected chi connectivity index (χ3v) is 2.71. The van der Waals surface area contributed by atoms with Crippen LogP contribution in [0.4, 0.5) is 0 Å². The highest BCUT2D eigenvalue weighted by Crippen LogP contribution is 2.23. The summed E-state index contributed by atoms with van der Waals surface area (Å²) in [5.41, 5.74) is 0.224. The Labute approximate surface area is 102 Å².